The summed E-state index contributed by atoms with van der Waals surface area (Å²) in [6, 6.07) is 21.4. The summed E-state index contributed by atoms with van der Waals surface area (Å²) in [5.74, 6) is 1.20. The Hall–Kier alpha value is -0.343. The van der Waals surface area contributed by atoms with Crippen LogP contribution in [0.5, 0.6) is 0 Å². The largest absolute Gasteiger partial charge is 0.535 e. The van der Waals surface area contributed by atoms with Gasteiger partial charge in [-0.05, 0) is 28.8 Å². The van der Waals surface area contributed by atoms with Crippen LogP contribution in [0, 0.1) is 5.41 Å². The minimum atomic E-state index is -1.32. The summed E-state index contributed by atoms with van der Waals surface area (Å²) in [7, 11) is -1.32. The smallest absolute Gasteiger partial charge is 0.352 e. The Morgan fingerprint density at radius 2 is 1.23 bits per heavy atom. The van der Waals surface area contributed by atoms with Gasteiger partial charge in [-0.2, -0.15) is 0 Å². The Morgan fingerprint density at radius 1 is 0.808 bits per heavy atom. The van der Waals surface area contributed by atoms with E-state index in [1.165, 1.54) is 21.7 Å². The summed E-state index contributed by atoms with van der Waals surface area (Å²) in [4.78, 5) is 0. The first-order chi connectivity index (χ1) is 12.5. The fourth-order valence-corrected chi connectivity index (χ4v) is 6.42. The van der Waals surface area contributed by atoms with Crippen LogP contribution in [0.4, 0.5) is 0 Å². The van der Waals surface area contributed by atoms with E-state index in [9.17, 15) is 0 Å². The minimum Gasteiger partial charge on any atom is -0.535 e. The lowest BCUT2D eigenvalue weighted by atomic mass is 9.89. The second kappa shape index (κ2) is 10.9. The van der Waals surface area contributed by atoms with E-state index in [-0.39, 0.29) is 5.41 Å². The van der Waals surface area contributed by atoms with E-state index in [0.29, 0.717) is 0 Å². The fraction of sp³-hybridized carbons (Fsp3) is 0.364. The molecule has 1 nitrogen and oxygen atoms in total. The van der Waals surface area contributed by atoms with Gasteiger partial charge < -0.3 is 4.43 Å². The van der Waals surface area contributed by atoms with Crippen molar-refractivity contribution in [3.63, 3.8) is 0 Å². The summed E-state index contributed by atoms with van der Waals surface area (Å²) in [5, 5.41) is 2.60. The normalized spacial score (nSPS) is 11.5. The van der Waals surface area contributed by atoms with Crippen LogP contribution in [-0.4, -0.2) is 17.9 Å². The van der Waals surface area contributed by atoms with Crippen LogP contribution in [0.25, 0.3) is 0 Å². The molecule has 2 aromatic rings. The molecule has 0 heterocycles. The van der Waals surface area contributed by atoms with Crippen LogP contribution in [0.15, 0.2) is 72.0 Å². The molecule has 0 aliphatic heterocycles. The van der Waals surface area contributed by atoms with Gasteiger partial charge in [0.2, 0.25) is 0 Å². The molecule has 2 rings (SSSR count). The Balaban J connectivity index is 2.51. The van der Waals surface area contributed by atoms with E-state index in [2.05, 4.69) is 127 Å². The highest BCUT2D eigenvalue weighted by atomic mass is 127. The van der Waals surface area contributed by atoms with Crippen molar-refractivity contribution < 1.29 is 4.43 Å². The van der Waals surface area contributed by atoms with Crippen LogP contribution >= 0.6 is 45.2 Å². The van der Waals surface area contributed by atoms with Gasteiger partial charge in [-0.3, -0.25) is 0 Å². The average Bonchev–Trinajstić information content (AvgIpc) is 2.63. The van der Waals surface area contributed by atoms with Crippen molar-refractivity contribution in [3.8, 4) is 0 Å². The molecule has 2 aromatic carbocycles. The van der Waals surface area contributed by atoms with E-state index in [1.807, 2.05) is 0 Å². The third-order valence-corrected chi connectivity index (χ3v) is 7.27. The van der Waals surface area contributed by atoms with Crippen LogP contribution in [0.2, 0.25) is 0 Å². The lowest BCUT2D eigenvalue weighted by molar-refractivity contribution is 0.293. The second-order valence-corrected chi connectivity index (χ2v) is 11.4. The second-order valence-electron chi connectivity index (χ2n) is 7.22. The van der Waals surface area contributed by atoms with Gasteiger partial charge in [0.25, 0.3) is 0 Å². The zero-order valence-electron chi connectivity index (χ0n) is 15.8. The maximum atomic E-state index is 6.93. The van der Waals surface area contributed by atoms with E-state index in [4.69, 9.17) is 4.43 Å². The summed E-state index contributed by atoms with van der Waals surface area (Å²) < 4.78 is 9.19. The maximum Gasteiger partial charge on any atom is 0.352 e. The van der Waals surface area contributed by atoms with Crippen molar-refractivity contribution in [2.75, 3.05) is 8.86 Å². The molecule has 0 saturated carbocycles. The first-order valence-corrected chi connectivity index (χ1v) is 13.4. The zero-order valence-corrected chi connectivity index (χ0v) is 21.1. The zero-order chi connectivity index (χ0) is 19.0. The number of allylic oxidation sites excluding steroid dienone is 2. The number of alkyl halides is 2. The lowest BCUT2D eigenvalue weighted by Crippen LogP contribution is -2.46. The first-order valence-electron chi connectivity index (χ1n) is 8.97. The van der Waals surface area contributed by atoms with Crippen molar-refractivity contribution in [3.05, 3.63) is 72.0 Å². The van der Waals surface area contributed by atoms with Crippen LogP contribution in [-0.2, 0) is 4.43 Å². The molecule has 0 aliphatic rings. The molecule has 26 heavy (non-hydrogen) atoms. The third kappa shape index (κ3) is 6.37. The average molecular weight is 589 g/mol. The highest BCUT2D eigenvalue weighted by Gasteiger charge is 2.29. The predicted molar refractivity (Wildman–Crippen MR) is 132 cm³/mol. The summed E-state index contributed by atoms with van der Waals surface area (Å²) >= 11 is 4.95. The summed E-state index contributed by atoms with van der Waals surface area (Å²) in [6.07, 6.45) is 2.21. The lowest BCUT2D eigenvalue weighted by Gasteiger charge is -2.31. The van der Waals surface area contributed by atoms with Crippen LogP contribution < -0.4 is 10.4 Å². The van der Waals surface area contributed by atoms with Gasteiger partial charge in [-0.15, -0.1) is 0 Å². The highest BCUT2D eigenvalue weighted by molar-refractivity contribution is 14.1. The minimum absolute atomic E-state index is 0.00638. The molecule has 0 unspecified atom stereocenters. The van der Waals surface area contributed by atoms with Crippen LogP contribution in [0.3, 0.4) is 0 Å². The number of benzene rings is 2. The number of halogens is 2. The molecular formula is C22H27I2OSi. The SMILES string of the molecule is CC(C)(C)C(O[Si](c1ccccc1)c1ccccc1)=C(CCI)CCI. The van der Waals surface area contributed by atoms with Gasteiger partial charge in [0.05, 0.1) is 5.76 Å². The Morgan fingerprint density at radius 3 is 1.58 bits per heavy atom. The Kier molecular flexibility index (Phi) is 9.16. The van der Waals surface area contributed by atoms with E-state index in [1.54, 1.807) is 0 Å². The maximum absolute atomic E-state index is 6.93. The van der Waals surface area contributed by atoms with Crippen molar-refractivity contribution in [1.29, 1.82) is 0 Å². The first kappa shape index (κ1) is 22.0. The molecule has 139 valence electrons. The van der Waals surface area contributed by atoms with Gasteiger partial charge in [0.15, 0.2) is 0 Å². The van der Waals surface area contributed by atoms with Gasteiger partial charge in [-0.25, -0.2) is 0 Å². The Bertz CT molecular complexity index is 646. The fourth-order valence-electron chi connectivity index (χ4n) is 2.90. The van der Waals surface area contributed by atoms with Crippen molar-refractivity contribution in [2.24, 2.45) is 5.41 Å². The van der Waals surface area contributed by atoms with Crippen LogP contribution in [0.1, 0.15) is 33.6 Å². The van der Waals surface area contributed by atoms with Gasteiger partial charge in [0, 0.05) is 14.3 Å². The molecule has 0 aliphatic carbocycles. The van der Waals surface area contributed by atoms with Gasteiger partial charge >= 0.3 is 9.04 Å². The molecule has 1 radical (unpaired) electrons. The monoisotopic (exact) mass is 589 g/mol. The molecule has 0 saturated heterocycles. The number of hydrogen-bond donors (Lipinski definition) is 0. The van der Waals surface area contributed by atoms with E-state index in [0.717, 1.165) is 21.7 Å². The number of hydrogen-bond acceptors (Lipinski definition) is 1. The predicted octanol–water partition coefficient (Wildman–Crippen LogP) is 5.76. The molecule has 0 N–H and O–H groups in total. The van der Waals surface area contributed by atoms with Crippen molar-refractivity contribution in [2.45, 2.75) is 33.6 Å². The van der Waals surface area contributed by atoms with E-state index >= 15 is 0 Å². The van der Waals surface area contributed by atoms with Gasteiger partial charge in [0.1, 0.15) is 0 Å². The summed E-state index contributed by atoms with van der Waals surface area (Å²) in [5.41, 5.74) is 1.49. The highest BCUT2D eigenvalue weighted by Crippen LogP contribution is 2.33. The third-order valence-electron chi connectivity index (χ3n) is 4.07. The number of rotatable bonds is 8. The summed E-state index contributed by atoms with van der Waals surface area (Å²) in [6.45, 7) is 6.83. The van der Waals surface area contributed by atoms with E-state index < -0.39 is 9.04 Å². The topological polar surface area (TPSA) is 9.23 Å². The molecular weight excluding hydrogens is 562 g/mol. The quantitative estimate of drug-likeness (QED) is 0.165. The molecule has 0 aromatic heterocycles. The van der Waals surface area contributed by atoms with Crippen molar-refractivity contribution in [1.82, 2.24) is 0 Å². The Labute approximate surface area is 187 Å². The standard InChI is InChI=1S/C22H27I2OSi/c1-22(2,3)21(18(14-16-23)15-17-24)25-26(19-10-6-4-7-11-19)20-12-8-5-9-13-20/h4-13H,14-17H2,1-3H3. The molecule has 0 amide bonds. The molecule has 0 atom stereocenters. The van der Waals surface area contributed by atoms with Crippen molar-refractivity contribution >= 4 is 64.6 Å². The molecule has 0 spiro atoms. The van der Waals surface area contributed by atoms with Gasteiger partial charge in [-0.1, -0.05) is 127 Å². The molecule has 4 heteroatoms. The molecule has 0 bridgehead atoms. The molecule has 0 fully saturated rings.